The number of nitrogens with two attached hydrogens (primary N) is 1. The van der Waals surface area contributed by atoms with Crippen molar-refractivity contribution in [3.63, 3.8) is 0 Å². The third kappa shape index (κ3) is 2.51. The fourth-order valence-electron chi connectivity index (χ4n) is 2.58. The second kappa shape index (κ2) is 5.65. The van der Waals surface area contributed by atoms with Crippen molar-refractivity contribution in [1.82, 2.24) is 19.8 Å². The zero-order chi connectivity index (χ0) is 15.0. The number of aromatic nitrogens is 2. The van der Waals surface area contributed by atoms with Crippen LogP contribution < -0.4 is 5.73 Å². The molecule has 2 aromatic heterocycles. The van der Waals surface area contributed by atoms with Crippen molar-refractivity contribution in [3.05, 3.63) is 16.8 Å². The molecule has 8 heteroatoms. The molecular formula is C13H16ClN5OS. The van der Waals surface area contributed by atoms with E-state index >= 15 is 0 Å². The molecule has 112 valence electrons. The molecule has 0 atom stereocenters. The SMILES string of the molecule is CN(CCCl)C(=O)N1CCc2c(sc3ncnc(N)c23)C1. The van der Waals surface area contributed by atoms with Gasteiger partial charge in [-0.3, -0.25) is 0 Å². The Hall–Kier alpha value is -1.60. The summed E-state index contributed by atoms with van der Waals surface area (Å²) in [5, 5.41) is 0.957. The van der Waals surface area contributed by atoms with Gasteiger partial charge in [0.2, 0.25) is 0 Å². The van der Waals surface area contributed by atoms with Gasteiger partial charge in [0.15, 0.2) is 0 Å². The van der Waals surface area contributed by atoms with E-state index in [0.29, 0.717) is 31.3 Å². The van der Waals surface area contributed by atoms with Crippen molar-refractivity contribution in [3.8, 4) is 0 Å². The Balaban J connectivity index is 1.88. The van der Waals surface area contributed by atoms with Crippen LogP contribution in [-0.4, -0.2) is 51.8 Å². The number of carbonyl (C=O) groups excluding carboxylic acids is 1. The van der Waals surface area contributed by atoms with Crippen molar-refractivity contribution >= 4 is 45.0 Å². The highest BCUT2D eigenvalue weighted by molar-refractivity contribution is 7.19. The largest absolute Gasteiger partial charge is 0.383 e. The van der Waals surface area contributed by atoms with Gasteiger partial charge in [0.1, 0.15) is 17.0 Å². The fourth-order valence-corrected chi connectivity index (χ4v) is 4.04. The van der Waals surface area contributed by atoms with Crippen molar-refractivity contribution in [2.75, 3.05) is 31.8 Å². The van der Waals surface area contributed by atoms with Crippen LogP contribution in [0.4, 0.5) is 10.6 Å². The van der Waals surface area contributed by atoms with E-state index in [2.05, 4.69) is 9.97 Å². The highest BCUT2D eigenvalue weighted by atomic mass is 35.5. The van der Waals surface area contributed by atoms with E-state index in [4.69, 9.17) is 17.3 Å². The number of hydrogen-bond acceptors (Lipinski definition) is 5. The first-order valence-corrected chi connectivity index (χ1v) is 8.03. The summed E-state index contributed by atoms with van der Waals surface area (Å²) in [7, 11) is 1.77. The number of amides is 2. The van der Waals surface area contributed by atoms with Crippen LogP contribution in [0.2, 0.25) is 0 Å². The predicted molar refractivity (Wildman–Crippen MR) is 84.7 cm³/mol. The van der Waals surface area contributed by atoms with Crippen LogP contribution in [0.15, 0.2) is 6.33 Å². The average Bonchev–Trinajstić information content (AvgIpc) is 2.85. The standard InChI is InChI=1S/C13H16ClN5OS/c1-18(5-3-14)13(20)19-4-2-8-9(6-19)21-12-10(8)11(15)16-7-17-12/h7H,2-6H2,1H3,(H2,15,16,17). The van der Waals surface area contributed by atoms with E-state index in [1.807, 2.05) is 4.90 Å². The van der Waals surface area contributed by atoms with Crippen LogP contribution in [-0.2, 0) is 13.0 Å². The number of carbonyl (C=O) groups is 1. The first-order valence-electron chi connectivity index (χ1n) is 6.68. The summed E-state index contributed by atoms with van der Waals surface area (Å²) < 4.78 is 0. The molecule has 0 aromatic carbocycles. The third-order valence-electron chi connectivity index (χ3n) is 3.68. The van der Waals surface area contributed by atoms with Crippen LogP contribution in [0.1, 0.15) is 10.4 Å². The Morgan fingerprint density at radius 2 is 2.38 bits per heavy atom. The van der Waals surface area contributed by atoms with Crippen LogP contribution >= 0.6 is 22.9 Å². The smallest absolute Gasteiger partial charge is 0.320 e. The summed E-state index contributed by atoms with van der Waals surface area (Å²) in [6, 6.07) is 0.0119. The maximum atomic E-state index is 12.3. The van der Waals surface area contributed by atoms with Gasteiger partial charge in [0, 0.05) is 30.9 Å². The third-order valence-corrected chi connectivity index (χ3v) is 4.98. The summed E-state index contributed by atoms with van der Waals surface area (Å²) in [5.74, 6) is 0.965. The second-order valence-electron chi connectivity index (χ2n) is 5.01. The maximum Gasteiger partial charge on any atom is 0.320 e. The van der Waals surface area contributed by atoms with E-state index in [0.717, 1.165) is 21.5 Å². The molecule has 0 saturated carbocycles. The summed E-state index contributed by atoms with van der Waals surface area (Å²) in [5.41, 5.74) is 7.15. The van der Waals surface area contributed by atoms with Gasteiger partial charge in [0.25, 0.3) is 0 Å². The van der Waals surface area contributed by atoms with Crippen molar-refractivity contribution < 1.29 is 4.79 Å². The molecule has 3 rings (SSSR count). The normalized spacial score (nSPS) is 14.3. The number of fused-ring (bicyclic) bond motifs is 3. The van der Waals surface area contributed by atoms with E-state index < -0.39 is 0 Å². The topological polar surface area (TPSA) is 75.4 Å². The number of halogens is 1. The highest BCUT2D eigenvalue weighted by Gasteiger charge is 2.27. The van der Waals surface area contributed by atoms with Crippen molar-refractivity contribution in [2.45, 2.75) is 13.0 Å². The van der Waals surface area contributed by atoms with Gasteiger partial charge in [-0.1, -0.05) is 0 Å². The minimum Gasteiger partial charge on any atom is -0.383 e. The van der Waals surface area contributed by atoms with Crippen molar-refractivity contribution in [2.24, 2.45) is 0 Å². The molecule has 0 fully saturated rings. The number of nitrogens with zero attached hydrogens (tertiary/aromatic N) is 4. The zero-order valence-corrected chi connectivity index (χ0v) is 13.2. The molecule has 2 N–H and O–H groups in total. The van der Waals surface area contributed by atoms with Crippen LogP contribution in [0.5, 0.6) is 0 Å². The molecule has 3 heterocycles. The molecule has 2 amide bonds. The second-order valence-corrected chi connectivity index (χ2v) is 6.47. The molecule has 6 nitrogen and oxygen atoms in total. The summed E-state index contributed by atoms with van der Waals surface area (Å²) in [6.45, 7) is 1.83. The molecular weight excluding hydrogens is 310 g/mol. The Bertz CT molecular complexity index is 688. The lowest BCUT2D eigenvalue weighted by Crippen LogP contribution is -2.43. The monoisotopic (exact) mass is 325 g/mol. The van der Waals surface area contributed by atoms with Crippen LogP contribution in [0, 0.1) is 0 Å². The van der Waals surface area contributed by atoms with E-state index in [1.165, 1.54) is 11.9 Å². The Kier molecular flexibility index (Phi) is 3.86. The number of rotatable bonds is 2. The summed E-state index contributed by atoms with van der Waals surface area (Å²) >= 11 is 7.28. The quantitative estimate of drug-likeness (QED) is 0.856. The lowest BCUT2D eigenvalue weighted by molar-refractivity contribution is 0.160. The number of thiophene rings is 1. The van der Waals surface area contributed by atoms with Crippen LogP contribution in [0.25, 0.3) is 10.2 Å². The van der Waals surface area contributed by atoms with Gasteiger partial charge in [-0.15, -0.1) is 22.9 Å². The predicted octanol–water partition coefficient (Wildman–Crippen LogP) is 1.92. The molecule has 0 radical (unpaired) electrons. The number of urea groups is 1. The first-order chi connectivity index (χ1) is 10.1. The van der Waals surface area contributed by atoms with E-state index in [9.17, 15) is 4.79 Å². The minimum atomic E-state index is 0.0119. The maximum absolute atomic E-state index is 12.3. The summed E-state index contributed by atoms with van der Waals surface area (Å²) in [4.78, 5) is 26.2. The lowest BCUT2D eigenvalue weighted by Gasteiger charge is -2.30. The Labute approximate surface area is 131 Å². The summed E-state index contributed by atoms with van der Waals surface area (Å²) in [6.07, 6.45) is 2.27. The molecule has 0 unspecified atom stereocenters. The highest BCUT2D eigenvalue weighted by Crippen LogP contribution is 2.36. The molecule has 0 spiro atoms. The average molecular weight is 326 g/mol. The van der Waals surface area contributed by atoms with Crippen LogP contribution in [0.3, 0.4) is 0 Å². The lowest BCUT2D eigenvalue weighted by atomic mass is 10.1. The molecule has 2 aromatic rings. The van der Waals surface area contributed by atoms with Gasteiger partial charge in [-0.25, -0.2) is 14.8 Å². The minimum absolute atomic E-state index is 0.0119. The number of anilines is 1. The van der Waals surface area contributed by atoms with E-state index in [-0.39, 0.29) is 6.03 Å². The fraction of sp³-hybridized carbons (Fsp3) is 0.462. The molecule has 21 heavy (non-hydrogen) atoms. The van der Waals surface area contributed by atoms with E-state index in [1.54, 1.807) is 23.3 Å². The van der Waals surface area contributed by atoms with Gasteiger partial charge in [-0.2, -0.15) is 0 Å². The number of hydrogen-bond donors (Lipinski definition) is 1. The van der Waals surface area contributed by atoms with Gasteiger partial charge in [0.05, 0.1) is 11.9 Å². The molecule has 1 aliphatic rings. The van der Waals surface area contributed by atoms with Crippen molar-refractivity contribution in [1.29, 1.82) is 0 Å². The molecule has 1 aliphatic heterocycles. The van der Waals surface area contributed by atoms with Gasteiger partial charge in [-0.05, 0) is 12.0 Å². The van der Waals surface area contributed by atoms with Gasteiger partial charge >= 0.3 is 6.03 Å². The Morgan fingerprint density at radius 3 is 3.14 bits per heavy atom. The molecule has 0 saturated heterocycles. The number of nitrogen functional groups attached to an aromatic ring is 1. The number of alkyl halides is 1. The molecule has 0 bridgehead atoms. The Morgan fingerprint density at radius 1 is 1.57 bits per heavy atom. The zero-order valence-electron chi connectivity index (χ0n) is 11.7. The first kappa shape index (κ1) is 14.3. The molecule has 0 aliphatic carbocycles. The van der Waals surface area contributed by atoms with Gasteiger partial charge < -0.3 is 15.5 Å².